The average molecular weight is 781 g/mol. The van der Waals surface area contributed by atoms with Gasteiger partial charge in [-0.1, -0.05) is 132 Å². The van der Waals surface area contributed by atoms with E-state index in [0.29, 0.717) is 0 Å². The molecule has 3 fully saturated rings. The zero-order valence-corrected chi connectivity index (χ0v) is 37.1. The van der Waals surface area contributed by atoms with Gasteiger partial charge in [-0.05, 0) is 125 Å². The number of allylic oxidation sites excluding steroid dienone is 6. The van der Waals surface area contributed by atoms with E-state index in [-0.39, 0.29) is 49.2 Å². The molecule has 0 spiro atoms. The van der Waals surface area contributed by atoms with Crippen LogP contribution < -0.4 is 47.9 Å². The molecule has 5 nitrogen and oxygen atoms in total. The number of rotatable bonds is 4. The van der Waals surface area contributed by atoms with Crippen molar-refractivity contribution >= 4 is 11.1 Å². The van der Waals surface area contributed by atoms with Crippen molar-refractivity contribution in [1.82, 2.24) is 0 Å². The van der Waals surface area contributed by atoms with Crippen LogP contribution in [0.2, 0.25) is 0 Å². The van der Waals surface area contributed by atoms with Crippen LogP contribution in [0.25, 0.3) is 11.1 Å². The minimum atomic E-state index is -0.587. The summed E-state index contributed by atoms with van der Waals surface area (Å²) in [5, 5.41) is 25.9. The van der Waals surface area contributed by atoms with Crippen molar-refractivity contribution in [2.75, 3.05) is 39.6 Å². The maximum Gasteiger partial charge on any atom is 1.00 e. The molecule has 302 valence electrons. The van der Waals surface area contributed by atoms with Crippen molar-refractivity contribution in [2.24, 2.45) is 0 Å². The molecule has 0 aromatic heterocycles. The van der Waals surface area contributed by atoms with E-state index >= 15 is 0 Å². The molecule has 0 radical (unpaired) electrons. The molecule has 3 aliphatic heterocycles. The molecular weight excluding hydrogens is 718 g/mol. The Labute approximate surface area is 379 Å². The molecule has 0 bridgehead atoms. The summed E-state index contributed by atoms with van der Waals surface area (Å²) in [6.07, 6.45) is 7.67. The predicted octanol–water partition coefficient (Wildman–Crippen LogP) is 4.53. The van der Waals surface area contributed by atoms with Gasteiger partial charge in [-0.25, -0.2) is 0 Å². The molecule has 9 rings (SSSR count). The van der Waals surface area contributed by atoms with Gasteiger partial charge in [0.2, 0.25) is 0 Å². The monoisotopic (exact) mass is 780 g/mol. The van der Waals surface area contributed by atoms with Crippen molar-refractivity contribution < 1.29 is 62.1 Å². The first kappa shape index (κ1) is 49.9. The third-order valence-corrected chi connectivity index (χ3v) is 11.8. The van der Waals surface area contributed by atoms with Gasteiger partial charge >= 0.3 is 37.7 Å². The molecule has 3 saturated heterocycles. The van der Waals surface area contributed by atoms with Gasteiger partial charge in [-0.2, -0.15) is 0 Å². The Balaban J connectivity index is 0.000000227. The zero-order valence-electron chi connectivity index (χ0n) is 37.1. The first-order valence-corrected chi connectivity index (χ1v) is 20.8. The second kappa shape index (κ2) is 24.7. The van der Waals surface area contributed by atoms with Crippen LogP contribution in [-0.4, -0.2) is 39.6 Å². The van der Waals surface area contributed by atoms with Crippen LogP contribution in [0.15, 0.2) is 155 Å². The van der Waals surface area contributed by atoms with E-state index in [9.17, 15) is 10.2 Å². The summed E-state index contributed by atoms with van der Waals surface area (Å²) in [5.74, 6) is 0.426. The number of benzene rings is 4. The Morgan fingerprint density at radius 2 is 0.610 bits per heavy atom. The van der Waals surface area contributed by atoms with E-state index < -0.39 is 10.8 Å². The molecule has 2 aliphatic carbocycles. The van der Waals surface area contributed by atoms with E-state index in [2.05, 4.69) is 38.1 Å². The Bertz CT molecular complexity index is 1800. The van der Waals surface area contributed by atoms with E-state index in [1.807, 2.05) is 125 Å². The van der Waals surface area contributed by atoms with Crippen LogP contribution in [-0.2, 0) is 25.0 Å². The van der Waals surface area contributed by atoms with Crippen molar-refractivity contribution in [3.63, 3.8) is 0 Å². The molecule has 59 heavy (non-hydrogen) atoms. The van der Waals surface area contributed by atoms with Crippen molar-refractivity contribution in [1.29, 1.82) is 0 Å². The van der Waals surface area contributed by atoms with Gasteiger partial charge in [0.1, 0.15) is 0 Å². The Morgan fingerprint density at radius 1 is 0.373 bits per heavy atom. The fraction of sp³-hybridized carbons (Fsp3) is 0.385. The number of hydrogen-bond donors (Lipinski definition) is 0. The molecule has 4 aromatic carbocycles. The van der Waals surface area contributed by atoms with Gasteiger partial charge in [-0.15, -0.1) is 11.5 Å². The largest absolute Gasteiger partial charge is 1.00 e. The molecule has 0 saturated carbocycles. The molecule has 0 amide bonds. The summed E-state index contributed by atoms with van der Waals surface area (Å²) in [7, 11) is 0. The van der Waals surface area contributed by atoms with Crippen LogP contribution in [0.3, 0.4) is 0 Å². The molecule has 5 aliphatic rings. The standard InChI is InChI=1S/2C20H20O.3C4H8O.2Li/c2*1-14-15(2)19(21)20(3,17-12-8-5-9-13-17)18(14)16-10-6-4-7-11-16;3*1-2-4-5-3-1;;/h2*4-13,21H,1-3H3;3*1-4H2;;/q;;;;;2*+1/p-2/t2*20-;;;;;/m10...../s1. The molecule has 0 N–H and O–H groups in total. The van der Waals surface area contributed by atoms with Crippen LogP contribution in [0.4, 0.5) is 0 Å². The average Bonchev–Trinajstić information content (AvgIpc) is 4.14. The van der Waals surface area contributed by atoms with Gasteiger partial charge in [0.15, 0.2) is 0 Å². The maximum absolute atomic E-state index is 12.9. The van der Waals surface area contributed by atoms with Crippen molar-refractivity contribution in [3.8, 4) is 0 Å². The Kier molecular flexibility index (Phi) is 20.9. The van der Waals surface area contributed by atoms with E-state index in [1.54, 1.807) is 0 Å². The normalized spacial score (nSPS) is 21.8. The van der Waals surface area contributed by atoms with Gasteiger partial charge in [-0.3, -0.25) is 0 Å². The zero-order chi connectivity index (χ0) is 40.7. The fourth-order valence-corrected chi connectivity index (χ4v) is 8.29. The molecule has 2 atom stereocenters. The van der Waals surface area contributed by atoms with Crippen molar-refractivity contribution in [3.05, 3.63) is 177 Å². The van der Waals surface area contributed by atoms with Crippen LogP contribution in [0.1, 0.15) is 102 Å². The molecular formula is C52H62Li2O5. The molecule has 0 unspecified atom stereocenters. The third kappa shape index (κ3) is 12.1. The number of ether oxygens (including phenoxy) is 3. The Hall–Kier alpha value is -3.49. The van der Waals surface area contributed by atoms with E-state index in [1.165, 1.54) is 38.5 Å². The molecule has 3 heterocycles. The summed E-state index contributed by atoms with van der Waals surface area (Å²) in [5.41, 5.74) is 9.45. The van der Waals surface area contributed by atoms with Gasteiger partial charge in [0.05, 0.1) is 0 Å². The van der Waals surface area contributed by atoms with Crippen LogP contribution >= 0.6 is 0 Å². The van der Waals surface area contributed by atoms with Crippen molar-refractivity contribution in [2.45, 2.75) is 90.9 Å². The summed E-state index contributed by atoms with van der Waals surface area (Å²) in [6, 6.07) is 40.6. The van der Waals surface area contributed by atoms with E-state index in [4.69, 9.17) is 14.2 Å². The minimum absolute atomic E-state index is 0. The minimum Gasteiger partial charge on any atom is -0.874 e. The van der Waals surface area contributed by atoms with Crippen LogP contribution in [0.5, 0.6) is 0 Å². The summed E-state index contributed by atoms with van der Waals surface area (Å²) >= 11 is 0. The van der Waals surface area contributed by atoms with Gasteiger partial charge < -0.3 is 24.4 Å². The number of hydrogen-bond acceptors (Lipinski definition) is 5. The van der Waals surface area contributed by atoms with E-state index in [0.717, 1.165) is 95.3 Å². The molecule has 7 heteroatoms. The summed E-state index contributed by atoms with van der Waals surface area (Å²) in [4.78, 5) is 0. The predicted molar refractivity (Wildman–Crippen MR) is 231 cm³/mol. The quantitative estimate of drug-likeness (QED) is 0.285. The molecule has 4 aromatic rings. The third-order valence-electron chi connectivity index (χ3n) is 11.8. The Morgan fingerprint density at radius 3 is 0.831 bits per heavy atom. The SMILES string of the molecule is C1CCOC1.C1CCOC1.C1CCOC1.CC1=C([O-])[C@@](C)(c2ccccc2)C(c2ccccc2)=C1C.CC1=C([O-])[C@](C)(c2ccccc2)C(c2ccccc2)=C1C.[Li+].[Li+]. The fourth-order valence-electron chi connectivity index (χ4n) is 8.29. The van der Waals surface area contributed by atoms with Crippen LogP contribution in [0, 0.1) is 0 Å². The summed E-state index contributed by atoms with van der Waals surface area (Å²) < 4.78 is 14.8. The second-order valence-electron chi connectivity index (χ2n) is 15.6. The first-order valence-electron chi connectivity index (χ1n) is 20.8. The topological polar surface area (TPSA) is 73.8 Å². The smallest absolute Gasteiger partial charge is 0.874 e. The second-order valence-corrected chi connectivity index (χ2v) is 15.6. The maximum atomic E-state index is 12.9. The van der Waals surface area contributed by atoms with Gasteiger partial charge in [0.25, 0.3) is 0 Å². The summed E-state index contributed by atoms with van der Waals surface area (Å²) in [6.45, 7) is 18.1. The van der Waals surface area contributed by atoms with Gasteiger partial charge in [0, 0.05) is 50.5 Å². The first-order chi connectivity index (χ1) is 27.6.